The highest BCUT2D eigenvalue weighted by atomic mass is 16.6. The van der Waals surface area contributed by atoms with Crippen LogP contribution in [0, 0.1) is 10.1 Å². The number of fused-ring (bicyclic) bond motifs is 4. The first-order chi connectivity index (χ1) is 16.2. The number of nitro groups is 1. The third-order valence-corrected chi connectivity index (χ3v) is 6.07. The first-order valence-corrected chi connectivity index (χ1v) is 10.4. The number of hydrogen-bond acceptors (Lipinski definition) is 7. The van der Waals surface area contributed by atoms with Gasteiger partial charge in [-0.2, -0.15) is 0 Å². The maximum Gasteiger partial charge on any atom is 0.332 e. The van der Waals surface area contributed by atoms with Gasteiger partial charge < -0.3 is 4.74 Å². The lowest BCUT2D eigenvalue weighted by atomic mass is 9.81. The van der Waals surface area contributed by atoms with Crippen molar-refractivity contribution in [2.24, 2.45) is 19.1 Å². The molecule has 170 valence electrons. The van der Waals surface area contributed by atoms with E-state index in [0.717, 1.165) is 4.57 Å². The van der Waals surface area contributed by atoms with Gasteiger partial charge >= 0.3 is 11.7 Å². The second-order valence-electron chi connectivity index (χ2n) is 8.07. The molecule has 10 nitrogen and oxygen atoms in total. The summed E-state index contributed by atoms with van der Waals surface area (Å²) in [6.07, 6.45) is 0. The van der Waals surface area contributed by atoms with Gasteiger partial charge in [0.1, 0.15) is 11.6 Å². The van der Waals surface area contributed by atoms with E-state index in [-0.39, 0.29) is 22.8 Å². The largest absolute Gasteiger partial charge is 0.426 e. The van der Waals surface area contributed by atoms with Gasteiger partial charge in [-0.15, -0.1) is 0 Å². The molecule has 1 aliphatic carbocycles. The Bertz CT molecular complexity index is 1590. The number of nitrogens with zero attached hydrogens (tertiary/aromatic N) is 4. The van der Waals surface area contributed by atoms with Crippen LogP contribution in [0.4, 0.5) is 11.5 Å². The van der Waals surface area contributed by atoms with Crippen LogP contribution in [0.5, 0.6) is 0 Å². The van der Waals surface area contributed by atoms with Crippen LogP contribution in [0.1, 0.15) is 35.1 Å². The minimum absolute atomic E-state index is 0.106. The zero-order valence-corrected chi connectivity index (χ0v) is 18.4. The molecule has 0 unspecified atom stereocenters. The normalized spacial score (nSPS) is 15.9. The van der Waals surface area contributed by atoms with Crippen LogP contribution >= 0.6 is 0 Å². The molecule has 10 heteroatoms. The highest BCUT2D eigenvalue weighted by Gasteiger charge is 2.42. The van der Waals surface area contributed by atoms with Crippen molar-refractivity contribution in [1.82, 2.24) is 9.13 Å². The number of esters is 1. The number of aliphatic imine (C=N–C) groups is 1. The van der Waals surface area contributed by atoms with Crippen LogP contribution < -0.4 is 11.2 Å². The fraction of sp³-hybridized carbons (Fsp3) is 0.167. The maximum absolute atomic E-state index is 13.4. The zero-order valence-electron chi connectivity index (χ0n) is 18.4. The summed E-state index contributed by atoms with van der Waals surface area (Å²) in [6.45, 7) is 1.28. The fourth-order valence-corrected chi connectivity index (χ4v) is 4.55. The Kier molecular flexibility index (Phi) is 4.67. The van der Waals surface area contributed by atoms with E-state index in [1.807, 2.05) is 12.1 Å². The van der Waals surface area contributed by atoms with Crippen molar-refractivity contribution in [3.63, 3.8) is 0 Å². The van der Waals surface area contributed by atoms with E-state index >= 15 is 0 Å². The van der Waals surface area contributed by atoms with Gasteiger partial charge in [-0.1, -0.05) is 36.4 Å². The van der Waals surface area contributed by atoms with Gasteiger partial charge in [-0.3, -0.25) is 28.8 Å². The molecule has 5 rings (SSSR count). The smallest absolute Gasteiger partial charge is 0.332 e. The molecule has 0 amide bonds. The Morgan fingerprint density at radius 1 is 1.03 bits per heavy atom. The second-order valence-corrected chi connectivity index (χ2v) is 8.07. The van der Waals surface area contributed by atoms with Crippen molar-refractivity contribution < 1.29 is 14.5 Å². The number of carbonyl (C=O) groups is 1. The number of aromatic nitrogens is 2. The lowest BCUT2D eigenvalue weighted by molar-refractivity contribution is -0.384. The van der Waals surface area contributed by atoms with Crippen LogP contribution in [0.25, 0.3) is 5.76 Å². The average molecular weight is 458 g/mol. The van der Waals surface area contributed by atoms with Crippen LogP contribution in [0.15, 0.2) is 68.7 Å². The molecule has 0 bridgehead atoms. The molecule has 0 radical (unpaired) electrons. The molecular weight excluding hydrogens is 440 g/mol. The van der Waals surface area contributed by atoms with Crippen molar-refractivity contribution in [3.8, 4) is 0 Å². The van der Waals surface area contributed by atoms with Crippen molar-refractivity contribution in [3.05, 3.63) is 107 Å². The highest BCUT2D eigenvalue weighted by molar-refractivity contribution is 6.25. The van der Waals surface area contributed by atoms with Gasteiger partial charge in [0.15, 0.2) is 0 Å². The van der Waals surface area contributed by atoms with Gasteiger partial charge in [0.05, 0.1) is 16.2 Å². The van der Waals surface area contributed by atoms with Crippen LogP contribution in [-0.4, -0.2) is 25.7 Å². The third kappa shape index (κ3) is 2.95. The summed E-state index contributed by atoms with van der Waals surface area (Å²) in [5, 5.41) is 11.2. The van der Waals surface area contributed by atoms with Gasteiger partial charge in [0.25, 0.3) is 11.2 Å². The molecule has 0 N–H and O–H groups in total. The molecule has 1 aliphatic heterocycles. The molecule has 2 heterocycles. The van der Waals surface area contributed by atoms with E-state index < -0.39 is 28.1 Å². The van der Waals surface area contributed by atoms with Crippen LogP contribution in [-0.2, 0) is 23.6 Å². The summed E-state index contributed by atoms with van der Waals surface area (Å²) in [6, 6.07) is 13.0. The molecule has 0 fully saturated rings. The highest BCUT2D eigenvalue weighted by Crippen LogP contribution is 2.48. The second kappa shape index (κ2) is 7.48. The fourth-order valence-electron chi connectivity index (χ4n) is 4.55. The Morgan fingerprint density at radius 3 is 2.29 bits per heavy atom. The van der Waals surface area contributed by atoms with Crippen LogP contribution in [0.2, 0.25) is 0 Å². The van der Waals surface area contributed by atoms with E-state index in [9.17, 15) is 24.5 Å². The number of ether oxygens (including phenoxy) is 1. The van der Waals surface area contributed by atoms with Crippen molar-refractivity contribution in [2.45, 2.75) is 12.8 Å². The van der Waals surface area contributed by atoms with Crippen LogP contribution in [0.3, 0.4) is 0 Å². The van der Waals surface area contributed by atoms with E-state index in [2.05, 4.69) is 0 Å². The standard InChI is InChI=1S/C24H18N4O6/c1-12(29)34-21-16-7-5-4-6-15(16)20-18(21)17(13-8-10-14(11-9-13)28(32)33)19-22(25-20)26(2)24(31)27(3)23(19)30/h4-11,17H,1-3H3/t17-/m0/s1. The van der Waals surface area contributed by atoms with E-state index in [4.69, 9.17) is 9.73 Å². The van der Waals surface area contributed by atoms with Gasteiger partial charge in [-0.05, 0) is 5.56 Å². The minimum atomic E-state index is -0.782. The summed E-state index contributed by atoms with van der Waals surface area (Å²) < 4.78 is 7.92. The number of benzene rings is 2. The molecule has 0 saturated carbocycles. The zero-order chi connectivity index (χ0) is 24.3. The molecule has 0 spiro atoms. The summed E-state index contributed by atoms with van der Waals surface area (Å²) in [5.41, 5.74) is 1.89. The number of rotatable bonds is 3. The van der Waals surface area contributed by atoms with Crippen molar-refractivity contribution in [1.29, 1.82) is 0 Å². The first kappa shape index (κ1) is 21.3. The van der Waals surface area contributed by atoms with Crippen molar-refractivity contribution >= 4 is 28.9 Å². The quantitative estimate of drug-likeness (QED) is 0.337. The molecule has 2 aromatic carbocycles. The number of carbonyl (C=O) groups excluding carboxylic acids is 1. The number of allylic oxidation sites excluding steroid dienone is 1. The van der Waals surface area contributed by atoms with E-state index in [1.54, 1.807) is 24.3 Å². The minimum Gasteiger partial charge on any atom is -0.426 e. The summed E-state index contributed by atoms with van der Waals surface area (Å²) in [5.74, 6) is -0.864. The number of non-ortho nitro benzene ring substituents is 1. The van der Waals surface area contributed by atoms with E-state index in [0.29, 0.717) is 28.0 Å². The third-order valence-electron chi connectivity index (χ3n) is 6.07. The Balaban J connectivity index is 1.91. The predicted molar refractivity (Wildman–Crippen MR) is 123 cm³/mol. The number of hydrogen-bond donors (Lipinski definition) is 0. The first-order valence-electron chi connectivity index (χ1n) is 10.4. The van der Waals surface area contributed by atoms with E-state index in [1.165, 1.54) is 37.7 Å². The summed E-state index contributed by atoms with van der Waals surface area (Å²) >= 11 is 0. The predicted octanol–water partition coefficient (Wildman–Crippen LogP) is 2.55. The van der Waals surface area contributed by atoms with Gasteiger partial charge in [0.2, 0.25) is 0 Å². The summed E-state index contributed by atoms with van der Waals surface area (Å²) in [7, 11) is 2.90. The Morgan fingerprint density at radius 2 is 1.68 bits per heavy atom. The SMILES string of the molecule is CC(=O)OC1=C2C(=Nc3c(c(=O)n(C)c(=O)n3C)[C@H]2c2ccc([N+](=O)[O-])cc2)c2ccccc21. The molecule has 34 heavy (non-hydrogen) atoms. The lowest BCUT2D eigenvalue weighted by Gasteiger charge is -2.27. The molecular formula is C24H18N4O6. The number of nitro benzene ring substituents is 1. The monoisotopic (exact) mass is 458 g/mol. The molecule has 3 aromatic rings. The molecule has 2 aliphatic rings. The molecule has 1 atom stereocenters. The topological polar surface area (TPSA) is 126 Å². The molecule has 1 aromatic heterocycles. The van der Waals surface area contributed by atoms with Gasteiger partial charge in [-0.25, -0.2) is 9.79 Å². The molecule has 0 saturated heterocycles. The van der Waals surface area contributed by atoms with Crippen molar-refractivity contribution in [2.75, 3.05) is 0 Å². The van der Waals surface area contributed by atoms with Gasteiger partial charge in [0, 0.05) is 55.8 Å². The lowest BCUT2D eigenvalue weighted by Crippen LogP contribution is -2.41. The Hall–Kier alpha value is -4.60. The summed E-state index contributed by atoms with van der Waals surface area (Å²) in [4.78, 5) is 53.5. The Labute approximate surface area is 192 Å². The maximum atomic E-state index is 13.4. The average Bonchev–Trinajstić information content (AvgIpc) is 3.13.